The lowest BCUT2D eigenvalue weighted by Gasteiger charge is -2.15. The monoisotopic (exact) mass is 240 g/mol. The zero-order valence-electron chi connectivity index (χ0n) is 9.61. The summed E-state index contributed by atoms with van der Waals surface area (Å²) in [6.07, 6.45) is 2.48. The molecule has 0 aromatic heterocycles. The smallest absolute Gasteiger partial charge is 0.240 e. The Morgan fingerprint density at radius 2 is 2.06 bits per heavy atom. The second kappa shape index (κ2) is 5.27. The van der Waals surface area contributed by atoms with E-state index in [1.54, 1.807) is 0 Å². The highest BCUT2D eigenvalue weighted by atomic mass is 16.5. The molecule has 1 N–H and O–H groups in total. The van der Waals surface area contributed by atoms with Crippen molar-refractivity contribution in [2.24, 2.45) is 0 Å². The highest BCUT2D eigenvalue weighted by Gasteiger charge is 2.30. The van der Waals surface area contributed by atoms with E-state index in [1.807, 2.05) is 0 Å². The van der Waals surface area contributed by atoms with Crippen molar-refractivity contribution in [3.63, 3.8) is 0 Å². The lowest BCUT2D eigenvalue weighted by molar-refractivity contribution is -0.142. The fraction of sp³-hybridized carbons (Fsp3) is 0.727. The van der Waals surface area contributed by atoms with Gasteiger partial charge in [0.25, 0.3) is 0 Å². The largest absolute Gasteiger partial charge is 0.376 e. The molecule has 2 rings (SSSR count). The fourth-order valence-electron chi connectivity index (χ4n) is 2.03. The third-order valence-corrected chi connectivity index (χ3v) is 3.01. The summed E-state index contributed by atoms with van der Waals surface area (Å²) in [6, 6.07) is 0. The normalized spacial score (nSPS) is 24.5. The minimum absolute atomic E-state index is 0.0731. The van der Waals surface area contributed by atoms with Crippen LogP contribution in [-0.2, 0) is 19.1 Å². The molecule has 6 heteroatoms. The van der Waals surface area contributed by atoms with Crippen molar-refractivity contribution < 1.29 is 19.1 Å². The Kier molecular flexibility index (Phi) is 3.73. The first kappa shape index (κ1) is 12.0. The van der Waals surface area contributed by atoms with E-state index in [2.05, 4.69) is 5.32 Å². The van der Waals surface area contributed by atoms with Crippen molar-refractivity contribution >= 4 is 17.7 Å². The number of hydrogen-bond acceptors (Lipinski definition) is 4. The van der Waals surface area contributed by atoms with Gasteiger partial charge in [-0.15, -0.1) is 0 Å². The molecule has 2 aliphatic rings. The SMILES string of the molecule is O=C(CN1C(=O)CCC1=O)NC[C@@H]1CCCO1. The van der Waals surface area contributed by atoms with Crippen LogP contribution in [0.15, 0.2) is 0 Å². The summed E-state index contributed by atoms with van der Waals surface area (Å²) in [5.41, 5.74) is 0. The minimum atomic E-state index is -0.302. The number of amides is 3. The summed E-state index contributed by atoms with van der Waals surface area (Å²) in [7, 11) is 0. The van der Waals surface area contributed by atoms with Crippen molar-refractivity contribution in [1.29, 1.82) is 0 Å². The molecule has 3 amide bonds. The lowest BCUT2D eigenvalue weighted by atomic mass is 10.2. The molecule has 94 valence electrons. The average Bonchev–Trinajstić information content (AvgIpc) is 2.91. The van der Waals surface area contributed by atoms with E-state index < -0.39 is 0 Å². The van der Waals surface area contributed by atoms with Crippen molar-refractivity contribution in [3.05, 3.63) is 0 Å². The molecule has 2 fully saturated rings. The molecule has 2 aliphatic heterocycles. The van der Waals surface area contributed by atoms with E-state index in [1.165, 1.54) is 0 Å². The van der Waals surface area contributed by atoms with E-state index in [0.717, 1.165) is 24.3 Å². The molecule has 0 aromatic rings. The Hall–Kier alpha value is -1.43. The molecule has 0 aromatic carbocycles. The highest BCUT2D eigenvalue weighted by Crippen LogP contribution is 2.12. The van der Waals surface area contributed by atoms with E-state index in [0.29, 0.717) is 6.54 Å². The molecule has 0 bridgehead atoms. The van der Waals surface area contributed by atoms with E-state index in [4.69, 9.17) is 4.74 Å². The molecule has 0 unspecified atom stereocenters. The molecule has 0 aliphatic carbocycles. The predicted octanol–water partition coefficient (Wildman–Crippen LogP) is -0.569. The summed E-state index contributed by atoms with van der Waals surface area (Å²) in [5, 5.41) is 2.68. The van der Waals surface area contributed by atoms with Gasteiger partial charge in [0, 0.05) is 26.0 Å². The molecular weight excluding hydrogens is 224 g/mol. The van der Waals surface area contributed by atoms with Gasteiger partial charge in [0.05, 0.1) is 6.10 Å². The Bertz CT molecular complexity index is 320. The van der Waals surface area contributed by atoms with E-state index >= 15 is 0 Å². The van der Waals surface area contributed by atoms with Gasteiger partial charge in [0.2, 0.25) is 17.7 Å². The van der Waals surface area contributed by atoms with Crippen LogP contribution in [0.5, 0.6) is 0 Å². The number of likely N-dealkylation sites (tertiary alicyclic amines) is 1. The maximum absolute atomic E-state index is 11.5. The first-order valence-electron chi connectivity index (χ1n) is 5.88. The first-order chi connectivity index (χ1) is 8.16. The van der Waals surface area contributed by atoms with Crippen LogP contribution in [0.4, 0.5) is 0 Å². The van der Waals surface area contributed by atoms with Gasteiger partial charge in [-0.25, -0.2) is 0 Å². The van der Waals surface area contributed by atoms with Gasteiger partial charge in [0.15, 0.2) is 0 Å². The van der Waals surface area contributed by atoms with Crippen molar-refractivity contribution in [1.82, 2.24) is 10.2 Å². The van der Waals surface area contributed by atoms with Gasteiger partial charge in [-0.1, -0.05) is 0 Å². The van der Waals surface area contributed by atoms with Crippen LogP contribution in [0.25, 0.3) is 0 Å². The third-order valence-electron chi connectivity index (χ3n) is 3.01. The van der Waals surface area contributed by atoms with Crippen molar-refractivity contribution in [3.8, 4) is 0 Å². The van der Waals surface area contributed by atoms with Gasteiger partial charge < -0.3 is 10.1 Å². The molecule has 0 spiro atoms. The van der Waals surface area contributed by atoms with E-state index in [-0.39, 0.29) is 43.2 Å². The Morgan fingerprint density at radius 3 is 2.65 bits per heavy atom. The zero-order chi connectivity index (χ0) is 12.3. The number of imide groups is 1. The standard InChI is InChI=1S/C11H16N2O4/c14-9(12-6-8-2-1-5-17-8)7-13-10(15)3-4-11(13)16/h8H,1-7H2,(H,12,14)/t8-/m0/s1. The molecule has 6 nitrogen and oxygen atoms in total. The van der Waals surface area contributed by atoms with Crippen LogP contribution in [0.1, 0.15) is 25.7 Å². The second-order valence-corrected chi connectivity index (χ2v) is 4.31. The number of hydrogen-bond donors (Lipinski definition) is 1. The van der Waals surface area contributed by atoms with Gasteiger partial charge in [-0.05, 0) is 12.8 Å². The molecule has 1 atom stereocenters. The van der Waals surface area contributed by atoms with Crippen LogP contribution in [0, 0.1) is 0 Å². The Balaban J connectivity index is 1.73. The van der Waals surface area contributed by atoms with Crippen LogP contribution < -0.4 is 5.32 Å². The minimum Gasteiger partial charge on any atom is -0.376 e. The van der Waals surface area contributed by atoms with E-state index in [9.17, 15) is 14.4 Å². The maximum atomic E-state index is 11.5. The zero-order valence-corrected chi connectivity index (χ0v) is 9.61. The topological polar surface area (TPSA) is 75.7 Å². The summed E-state index contributed by atoms with van der Waals surface area (Å²) in [6.45, 7) is 1.03. The number of nitrogens with one attached hydrogen (secondary N) is 1. The number of carbonyl (C=O) groups is 3. The maximum Gasteiger partial charge on any atom is 0.240 e. The van der Waals surface area contributed by atoms with Gasteiger partial charge >= 0.3 is 0 Å². The summed E-state index contributed by atoms with van der Waals surface area (Å²) < 4.78 is 5.35. The number of nitrogens with zero attached hydrogens (tertiary/aromatic N) is 1. The molecule has 0 saturated carbocycles. The summed E-state index contributed by atoms with van der Waals surface area (Å²) in [5.74, 6) is -0.825. The quantitative estimate of drug-likeness (QED) is 0.668. The number of carbonyl (C=O) groups excluding carboxylic acids is 3. The molecular formula is C11H16N2O4. The third kappa shape index (κ3) is 3.03. The van der Waals surface area contributed by atoms with Crippen molar-refractivity contribution in [2.45, 2.75) is 31.8 Å². The van der Waals surface area contributed by atoms with Crippen molar-refractivity contribution in [2.75, 3.05) is 19.7 Å². The molecule has 17 heavy (non-hydrogen) atoms. The lowest BCUT2D eigenvalue weighted by Crippen LogP contribution is -2.42. The summed E-state index contributed by atoms with van der Waals surface area (Å²) >= 11 is 0. The number of rotatable bonds is 4. The Morgan fingerprint density at radius 1 is 1.35 bits per heavy atom. The highest BCUT2D eigenvalue weighted by molar-refractivity contribution is 6.04. The van der Waals surface area contributed by atoms with Gasteiger partial charge in [-0.2, -0.15) is 0 Å². The summed E-state index contributed by atoms with van der Waals surface area (Å²) in [4.78, 5) is 35.1. The van der Waals surface area contributed by atoms with Gasteiger partial charge in [-0.3, -0.25) is 19.3 Å². The van der Waals surface area contributed by atoms with Gasteiger partial charge in [0.1, 0.15) is 6.54 Å². The van der Waals surface area contributed by atoms with Crippen LogP contribution in [-0.4, -0.2) is 48.4 Å². The first-order valence-corrected chi connectivity index (χ1v) is 5.88. The average molecular weight is 240 g/mol. The second-order valence-electron chi connectivity index (χ2n) is 4.31. The number of ether oxygens (including phenoxy) is 1. The predicted molar refractivity (Wildman–Crippen MR) is 57.9 cm³/mol. The molecule has 2 saturated heterocycles. The Labute approximate surface area is 99.3 Å². The molecule has 0 radical (unpaired) electrons. The van der Waals surface area contributed by atoms with Crippen LogP contribution in [0.2, 0.25) is 0 Å². The van der Waals surface area contributed by atoms with Crippen LogP contribution in [0.3, 0.4) is 0 Å². The van der Waals surface area contributed by atoms with Crippen LogP contribution >= 0.6 is 0 Å². The molecule has 2 heterocycles. The fourth-order valence-corrected chi connectivity index (χ4v) is 2.03.